The van der Waals surface area contributed by atoms with Gasteiger partial charge in [-0.15, -0.1) is 0 Å². The van der Waals surface area contributed by atoms with Gasteiger partial charge < -0.3 is 18.9 Å². The van der Waals surface area contributed by atoms with Crippen LogP contribution in [0.25, 0.3) is 0 Å². The van der Waals surface area contributed by atoms with Crippen LogP contribution in [0.1, 0.15) is 24.8 Å². The van der Waals surface area contributed by atoms with E-state index in [1.807, 2.05) is 0 Å². The number of ether oxygens (including phenoxy) is 4. The van der Waals surface area contributed by atoms with Crippen LogP contribution in [0.4, 0.5) is 0 Å². The summed E-state index contributed by atoms with van der Waals surface area (Å²) >= 11 is 6.21. The molecule has 0 spiro atoms. The fraction of sp³-hybridized carbons (Fsp3) is 0.533. The number of halogens is 1. The number of rotatable bonds is 5. The number of nitriles is 1. The molecular weight excluding hydrogens is 294 g/mol. The van der Waals surface area contributed by atoms with Crippen molar-refractivity contribution in [1.29, 1.82) is 5.26 Å². The SMILES string of the molecule is N#Cc1cc(OC2CCCCO2)c(Cl)cc1OCC1CO1. The van der Waals surface area contributed by atoms with Crippen LogP contribution in [-0.4, -0.2) is 32.2 Å². The molecule has 0 saturated carbocycles. The standard InChI is InChI=1S/C15H16ClNO4/c16-12-6-13(20-9-11-8-19-11)10(7-17)5-14(12)21-15-3-1-2-4-18-15/h5-6,11,15H,1-4,8-9H2. The molecule has 2 atom stereocenters. The maximum absolute atomic E-state index is 9.23. The average molecular weight is 310 g/mol. The molecule has 2 heterocycles. The van der Waals surface area contributed by atoms with E-state index in [0.717, 1.165) is 19.3 Å². The molecular formula is C15H16ClNO4. The second kappa shape index (κ2) is 6.52. The molecule has 6 heteroatoms. The summed E-state index contributed by atoms with van der Waals surface area (Å²) in [4.78, 5) is 0. The molecule has 2 unspecified atom stereocenters. The minimum atomic E-state index is -0.297. The van der Waals surface area contributed by atoms with Crippen molar-refractivity contribution in [3.8, 4) is 17.6 Å². The Kier molecular flexibility index (Phi) is 4.49. The zero-order valence-electron chi connectivity index (χ0n) is 11.5. The monoisotopic (exact) mass is 309 g/mol. The number of hydrogen-bond acceptors (Lipinski definition) is 5. The van der Waals surface area contributed by atoms with Crippen molar-refractivity contribution in [2.45, 2.75) is 31.7 Å². The van der Waals surface area contributed by atoms with Crippen molar-refractivity contribution in [3.05, 3.63) is 22.7 Å². The molecule has 2 fully saturated rings. The highest BCUT2D eigenvalue weighted by atomic mass is 35.5. The third-order valence-electron chi connectivity index (χ3n) is 3.38. The van der Waals surface area contributed by atoms with E-state index in [2.05, 4.69) is 6.07 Å². The van der Waals surface area contributed by atoms with Crippen molar-refractivity contribution in [3.63, 3.8) is 0 Å². The summed E-state index contributed by atoms with van der Waals surface area (Å²) in [6.07, 6.45) is 2.77. The summed E-state index contributed by atoms with van der Waals surface area (Å²) in [7, 11) is 0. The lowest BCUT2D eigenvalue weighted by molar-refractivity contribution is -0.105. The normalized spacial score (nSPS) is 24.2. The van der Waals surface area contributed by atoms with Gasteiger partial charge in [-0.25, -0.2) is 0 Å². The molecule has 21 heavy (non-hydrogen) atoms. The van der Waals surface area contributed by atoms with Gasteiger partial charge in [-0.2, -0.15) is 5.26 Å². The second-order valence-corrected chi connectivity index (χ2v) is 5.48. The van der Waals surface area contributed by atoms with Crippen LogP contribution in [0.5, 0.6) is 11.5 Å². The fourth-order valence-electron chi connectivity index (χ4n) is 2.12. The Hall–Kier alpha value is -1.48. The first kappa shape index (κ1) is 14.5. The zero-order valence-corrected chi connectivity index (χ0v) is 12.3. The Bertz CT molecular complexity index is 547. The Labute approximate surface area is 128 Å². The van der Waals surface area contributed by atoms with E-state index in [0.29, 0.717) is 41.9 Å². The lowest BCUT2D eigenvalue weighted by Gasteiger charge is -2.24. The molecule has 2 saturated heterocycles. The van der Waals surface area contributed by atoms with Gasteiger partial charge in [0.1, 0.15) is 30.3 Å². The van der Waals surface area contributed by atoms with Crippen LogP contribution in [-0.2, 0) is 9.47 Å². The van der Waals surface area contributed by atoms with Gasteiger partial charge in [0.25, 0.3) is 0 Å². The van der Waals surface area contributed by atoms with Gasteiger partial charge >= 0.3 is 0 Å². The lowest BCUT2D eigenvalue weighted by Crippen LogP contribution is -2.25. The van der Waals surface area contributed by atoms with Gasteiger partial charge in [0.15, 0.2) is 6.29 Å². The molecule has 0 amide bonds. The van der Waals surface area contributed by atoms with Crippen molar-refractivity contribution < 1.29 is 18.9 Å². The largest absolute Gasteiger partial charge is 0.489 e. The minimum Gasteiger partial charge on any atom is -0.489 e. The minimum absolute atomic E-state index is 0.127. The molecule has 0 aromatic heterocycles. The molecule has 1 aromatic carbocycles. The third-order valence-corrected chi connectivity index (χ3v) is 3.67. The Morgan fingerprint density at radius 3 is 2.81 bits per heavy atom. The van der Waals surface area contributed by atoms with E-state index in [-0.39, 0.29) is 12.4 Å². The maximum atomic E-state index is 9.23. The third kappa shape index (κ3) is 3.79. The van der Waals surface area contributed by atoms with Crippen LogP contribution in [0.2, 0.25) is 5.02 Å². The molecule has 0 aliphatic carbocycles. The van der Waals surface area contributed by atoms with Crippen molar-refractivity contribution in [1.82, 2.24) is 0 Å². The van der Waals surface area contributed by atoms with Crippen LogP contribution < -0.4 is 9.47 Å². The quantitative estimate of drug-likeness (QED) is 0.783. The first-order chi connectivity index (χ1) is 10.3. The topological polar surface area (TPSA) is 64.0 Å². The second-order valence-electron chi connectivity index (χ2n) is 5.07. The van der Waals surface area contributed by atoms with Crippen LogP contribution in [0.3, 0.4) is 0 Å². The van der Waals surface area contributed by atoms with Crippen molar-refractivity contribution in [2.24, 2.45) is 0 Å². The summed E-state index contributed by atoms with van der Waals surface area (Å²) in [5.41, 5.74) is 0.394. The highest BCUT2D eigenvalue weighted by molar-refractivity contribution is 6.32. The molecule has 3 rings (SSSR count). The predicted molar refractivity (Wildman–Crippen MR) is 75.6 cm³/mol. The van der Waals surface area contributed by atoms with E-state index in [1.54, 1.807) is 12.1 Å². The molecule has 0 bridgehead atoms. The van der Waals surface area contributed by atoms with E-state index < -0.39 is 0 Å². The van der Waals surface area contributed by atoms with Crippen molar-refractivity contribution in [2.75, 3.05) is 19.8 Å². The van der Waals surface area contributed by atoms with Gasteiger partial charge in [-0.05, 0) is 12.8 Å². The van der Waals surface area contributed by atoms with Crippen LogP contribution >= 0.6 is 11.6 Å². The Morgan fingerprint density at radius 2 is 2.14 bits per heavy atom. The Balaban J connectivity index is 1.72. The highest BCUT2D eigenvalue weighted by Crippen LogP contribution is 2.34. The number of epoxide rings is 1. The van der Waals surface area contributed by atoms with Gasteiger partial charge in [0, 0.05) is 18.6 Å². The molecule has 112 valence electrons. The van der Waals surface area contributed by atoms with Gasteiger partial charge in [0.05, 0.1) is 23.8 Å². The smallest absolute Gasteiger partial charge is 0.199 e. The summed E-state index contributed by atoms with van der Waals surface area (Å²) in [6, 6.07) is 5.31. The van der Waals surface area contributed by atoms with Gasteiger partial charge in [0.2, 0.25) is 0 Å². The number of hydrogen-bond donors (Lipinski definition) is 0. The molecule has 1 aromatic rings. The van der Waals surface area contributed by atoms with E-state index in [9.17, 15) is 5.26 Å². The van der Waals surface area contributed by atoms with Crippen LogP contribution in [0.15, 0.2) is 12.1 Å². The Morgan fingerprint density at radius 1 is 1.29 bits per heavy atom. The van der Waals surface area contributed by atoms with Gasteiger partial charge in [-0.1, -0.05) is 11.6 Å². The highest BCUT2D eigenvalue weighted by Gasteiger charge is 2.24. The maximum Gasteiger partial charge on any atom is 0.199 e. The van der Waals surface area contributed by atoms with Gasteiger partial charge in [-0.3, -0.25) is 0 Å². The first-order valence-electron chi connectivity index (χ1n) is 7.02. The summed E-state index contributed by atoms with van der Waals surface area (Å²) in [5.74, 6) is 0.907. The molecule has 0 N–H and O–H groups in total. The fourth-order valence-corrected chi connectivity index (χ4v) is 2.32. The van der Waals surface area contributed by atoms with E-state index >= 15 is 0 Å². The molecule has 2 aliphatic rings. The van der Waals surface area contributed by atoms with E-state index in [4.69, 9.17) is 30.5 Å². The zero-order chi connectivity index (χ0) is 14.7. The van der Waals surface area contributed by atoms with Crippen molar-refractivity contribution >= 4 is 11.6 Å². The van der Waals surface area contributed by atoms with Crippen LogP contribution in [0, 0.1) is 11.3 Å². The number of nitrogens with zero attached hydrogens (tertiary/aromatic N) is 1. The summed E-state index contributed by atoms with van der Waals surface area (Å²) < 4.78 is 21.9. The molecule has 5 nitrogen and oxygen atoms in total. The lowest BCUT2D eigenvalue weighted by atomic mass is 10.2. The molecule has 2 aliphatic heterocycles. The summed E-state index contributed by atoms with van der Waals surface area (Å²) in [5, 5.41) is 9.64. The molecule has 0 radical (unpaired) electrons. The predicted octanol–water partition coefficient (Wildman–Crippen LogP) is 2.89. The van der Waals surface area contributed by atoms with E-state index in [1.165, 1.54) is 0 Å². The first-order valence-corrected chi connectivity index (χ1v) is 7.40. The number of benzene rings is 1. The average Bonchev–Trinajstić information content (AvgIpc) is 3.32. The summed E-state index contributed by atoms with van der Waals surface area (Å²) in [6.45, 7) is 1.82.